The molecular formula is C9H14FN3. The summed E-state index contributed by atoms with van der Waals surface area (Å²) in [5, 5.41) is 4.14. The summed E-state index contributed by atoms with van der Waals surface area (Å²) in [5.74, 6) is 0.369. The van der Waals surface area contributed by atoms with E-state index in [2.05, 4.69) is 5.10 Å². The third-order valence-corrected chi connectivity index (χ3v) is 2.52. The molecule has 0 radical (unpaired) electrons. The van der Waals surface area contributed by atoms with E-state index in [0.717, 1.165) is 12.1 Å². The van der Waals surface area contributed by atoms with Gasteiger partial charge in [-0.2, -0.15) is 5.10 Å². The van der Waals surface area contributed by atoms with Gasteiger partial charge < -0.3 is 5.73 Å². The summed E-state index contributed by atoms with van der Waals surface area (Å²) >= 11 is 0. The predicted octanol–water partition coefficient (Wildman–Crippen LogP) is 2.00. The van der Waals surface area contributed by atoms with Gasteiger partial charge in [-0.1, -0.05) is 0 Å². The van der Waals surface area contributed by atoms with Crippen molar-refractivity contribution in [2.45, 2.75) is 38.9 Å². The lowest BCUT2D eigenvalue weighted by Crippen LogP contribution is -2.06. The van der Waals surface area contributed by atoms with Gasteiger partial charge in [-0.3, -0.25) is 4.68 Å². The minimum absolute atomic E-state index is 0.261. The van der Waals surface area contributed by atoms with Gasteiger partial charge in [0.15, 0.2) is 5.82 Å². The highest BCUT2D eigenvalue weighted by molar-refractivity contribution is 5.47. The maximum absolute atomic E-state index is 13.3. The molecule has 2 rings (SSSR count). The highest BCUT2D eigenvalue weighted by Crippen LogP contribution is 2.38. The number of nitrogen functional groups attached to an aromatic ring is 1. The number of alkyl halides is 1. The molecule has 2 N–H and O–H groups in total. The Hall–Kier alpha value is -1.06. The number of nitrogens with two attached hydrogens (primary N) is 1. The van der Waals surface area contributed by atoms with Crippen molar-refractivity contribution in [3.63, 3.8) is 0 Å². The fraction of sp³-hybridized carbons (Fsp3) is 0.667. The molecule has 1 aliphatic rings. The van der Waals surface area contributed by atoms with E-state index in [-0.39, 0.29) is 6.04 Å². The first-order valence-electron chi connectivity index (χ1n) is 4.62. The largest absolute Gasteiger partial charge is 0.382 e. The second-order valence-corrected chi connectivity index (χ2v) is 3.79. The van der Waals surface area contributed by atoms with Gasteiger partial charge in [0.1, 0.15) is 6.17 Å². The molecule has 0 saturated carbocycles. The first-order valence-corrected chi connectivity index (χ1v) is 4.62. The smallest absolute Gasteiger partial charge is 0.151 e. The Morgan fingerprint density at radius 1 is 1.62 bits per heavy atom. The van der Waals surface area contributed by atoms with Crippen molar-refractivity contribution >= 4 is 5.82 Å². The molecule has 72 valence electrons. The zero-order valence-corrected chi connectivity index (χ0v) is 7.92. The molecule has 1 heterocycles. The molecule has 0 spiro atoms. The van der Waals surface area contributed by atoms with E-state index in [0.29, 0.717) is 17.8 Å². The van der Waals surface area contributed by atoms with Crippen LogP contribution in [0.1, 0.15) is 43.7 Å². The van der Waals surface area contributed by atoms with E-state index < -0.39 is 6.17 Å². The van der Waals surface area contributed by atoms with Gasteiger partial charge >= 0.3 is 0 Å². The Morgan fingerprint density at radius 2 is 2.31 bits per heavy atom. The van der Waals surface area contributed by atoms with Crippen LogP contribution < -0.4 is 5.73 Å². The van der Waals surface area contributed by atoms with E-state index in [1.165, 1.54) is 0 Å². The van der Waals surface area contributed by atoms with E-state index in [9.17, 15) is 4.39 Å². The Morgan fingerprint density at radius 3 is 2.92 bits per heavy atom. The van der Waals surface area contributed by atoms with Crippen molar-refractivity contribution in [3.8, 4) is 0 Å². The van der Waals surface area contributed by atoms with E-state index in [1.54, 1.807) is 0 Å². The van der Waals surface area contributed by atoms with Crippen LogP contribution in [-0.2, 0) is 6.42 Å². The van der Waals surface area contributed by atoms with Crippen LogP contribution in [-0.4, -0.2) is 9.78 Å². The molecule has 1 aromatic rings. The fourth-order valence-electron chi connectivity index (χ4n) is 1.93. The zero-order chi connectivity index (χ0) is 9.59. The second-order valence-electron chi connectivity index (χ2n) is 3.79. The molecule has 0 fully saturated rings. The van der Waals surface area contributed by atoms with Crippen LogP contribution in [0.25, 0.3) is 0 Å². The van der Waals surface area contributed by atoms with Gasteiger partial charge in [0, 0.05) is 11.7 Å². The lowest BCUT2D eigenvalue weighted by Gasteiger charge is -2.07. The standard InChI is InChI=1S/C9H14FN3/c1-5(2)13-7-4-3-6(10)8(7)9(11)12-13/h5-6H,3-4H2,1-2H3,(H2,11,12). The maximum Gasteiger partial charge on any atom is 0.151 e. The summed E-state index contributed by atoms with van der Waals surface area (Å²) in [4.78, 5) is 0. The highest BCUT2D eigenvalue weighted by atomic mass is 19.1. The second kappa shape index (κ2) is 2.72. The Bertz CT molecular complexity index is 330. The Balaban J connectivity index is 2.52. The van der Waals surface area contributed by atoms with Crippen LogP contribution in [0.4, 0.5) is 10.2 Å². The topological polar surface area (TPSA) is 43.8 Å². The van der Waals surface area contributed by atoms with Crippen molar-refractivity contribution in [2.75, 3.05) is 5.73 Å². The minimum atomic E-state index is -0.900. The lowest BCUT2D eigenvalue weighted by molar-refractivity contribution is 0.343. The molecule has 4 heteroatoms. The molecule has 0 saturated heterocycles. The summed E-state index contributed by atoms with van der Waals surface area (Å²) in [5.41, 5.74) is 7.27. The van der Waals surface area contributed by atoms with Gasteiger partial charge in [-0.25, -0.2) is 4.39 Å². The van der Waals surface area contributed by atoms with Crippen LogP contribution in [0.5, 0.6) is 0 Å². The molecule has 3 nitrogen and oxygen atoms in total. The molecule has 0 amide bonds. The molecule has 0 aromatic carbocycles. The minimum Gasteiger partial charge on any atom is -0.382 e. The number of rotatable bonds is 1. The van der Waals surface area contributed by atoms with Crippen LogP contribution in [0.15, 0.2) is 0 Å². The van der Waals surface area contributed by atoms with Crippen molar-refractivity contribution in [1.29, 1.82) is 0 Å². The zero-order valence-electron chi connectivity index (χ0n) is 7.92. The highest BCUT2D eigenvalue weighted by Gasteiger charge is 2.30. The Labute approximate surface area is 76.7 Å². The number of anilines is 1. The molecule has 1 aliphatic carbocycles. The van der Waals surface area contributed by atoms with Crippen molar-refractivity contribution in [1.82, 2.24) is 9.78 Å². The SMILES string of the molecule is CC(C)n1nc(N)c2c1CCC2F. The van der Waals surface area contributed by atoms with Crippen molar-refractivity contribution in [3.05, 3.63) is 11.3 Å². The first-order chi connectivity index (χ1) is 6.11. The predicted molar refractivity (Wildman–Crippen MR) is 49.2 cm³/mol. The summed E-state index contributed by atoms with van der Waals surface area (Å²) in [6, 6.07) is 0.261. The van der Waals surface area contributed by atoms with Gasteiger partial charge in [0.05, 0.1) is 5.56 Å². The van der Waals surface area contributed by atoms with Crippen molar-refractivity contribution < 1.29 is 4.39 Å². The number of aromatic nitrogens is 2. The molecule has 1 unspecified atom stereocenters. The average molecular weight is 183 g/mol. The number of halogens is 1. The Kier molecular flexibility index (Phi) is 1.78. The molecular weight excluding hydrogens is 169 g/mol. The van der Waals surface area contributed by atoms with Gasteiger partial charge in [-0.05, 0) is 26.7 Å². The lowest BCUT2D eigenvalue weighted by atomic mass is 10.2. The van der Waals surface area contributed by atoms with E-state index in [4.69, 9.17) is 5.73 Å². The van der Waals surface area contributed by atoms with Crippen LogP contribution in [0, 0.1) is 0 Å². The van der Waals surface area contributed by atoms with Crippen LogP contribution >= 0.6 is 0 Å². The summed E-state index contributed by atoms with van der Waals surface area (Å²) in [6.45, 7) is 4.05. The molecule has 0 bridgehead atoms. The first kappa shape index (κ1) is 8.53. The van der Waals surface area contributed by atoms with Crippen molar-refractivity contribution in [2.24, 2.45) is 0 Å². The van der Waals surface area contributed by atoms with Gasteiger partial charge in [-0.15, -0.1) is 0 Å². The quantitative estimate of drug-likeness (QED) is 0.723. The van der Waals surface area contributed by atoms with Crippen LogP contribution in [0.2, 0.25) is 0 Å². The van der Waals surface area contributed by atoms with Gasteiger partial charge in [0.25, 0.3) is 0 Å². The van der Waals surface area contributed by atoms with E-state index >= 15 is 0 Å². The summed E-state index contributed by atoms with van der Waals surface area (Å²) in [7, 11) is 0. The normalized spacial score (nSPS) is 21.1. The van der Waals surface area contributed by atoms with Gasteiger partial charge in [0.2, 0.25) is 0 Å². The summed E-state index contributed by atoms with van der Waals surface area (Å²) < 4.78 is 15.2. The van der Waals surface area contributed by atoms with Crippen LogP contribution in [0.3, 0.4) is 0 Å². The number of hydrogen-bond donors (Lipinski definition) is 1. The molecule has 1 atom stereocenters. The van der Waals surface area contributed by atoms with E-state index in [1.807, 2.05) is 18.5 Å². The number of hydrogen-bond acceptors (Lipinski definition) is 2. The summed E-state index contributed by atoms with van der Waals surface area (Å²) in [6.07, 6.45) is 0.422. The number of fused-ring (bicyclic) bond motifs is 1. The number of nitrogens with zero attached hydrogens (tertiary/aromatic N) is 2. The molecule has 13 heavy (non-hydrogen) atoms. The fourth-order valence-corrected chi connectivity index (χ4v) is 1.93. The molecule has 0 aliphatic heterocycles. The average Bonchev–Trinajstić information content (AvgIpc) is 2.55. The monoisotopic (exact) mass is 183 g/mol. The third-order valence-electron chi connectivity index (χ3n) is 2.52. The molecule has 1 aromatic heterocycles. The maximum atomic E-state index is 13.3. The third kappa shape index (κ3) is 1.12.